The van der Waals surface area contributed by atoms with Crippen molar-refractivity contribution in [2.75, 3.05) is 0 Å². The maximum absolute atomic E-state index is 12.6. The number of hydrogen-bond acceptors (Lipinski definition) is 3. The van der Waals surface area contributed by atoms with Crippen molar-refractivity contribution >= 4 is 5.91 Å². The molecule has 0 spiro atoms. The molecule has 0 bridgehead atoms. The molecule has 20 heavy (non-hydrogen) atoms. The van der Waals surface area contributed by atoms with Gasteiger partial charge in [-0.15, -0.1) is 0 Å². The fraction of sp³-hybridized carbons (Fsp3) is 0.562. The maximum atomic E-state index is 12.6. The Morgan fingerprint density at radius 1 is 1.45 bits per heavy atom. The largest absolute Gasteiger partial charge is 0.508 e. The van der Waals surface area contributed by atoms with Gasteiger partial charge in [-0.2, -0.15) is 0 Å². The molecule has 4 nitrogen and oxygen atoms in total. The lowest BCUT2D eigenvalue weighted by molar-refractivity contribution is -0.136. The normalized spacial score (nSPS) is 16.8. The van der Waals surface area contributed by atoms with E-state index in [1.165, 1.54) is 0 Å². The van der Waals surface area contributed by atoms with Crippen LogP contribution in [-0.4, -0.2) is 28.0 Å². The summed E-state index contributed by atoms with van der Waals surface area (Å²) >= 11 is 0. The molecule has 0 aliphatic heterocycles. The van der Waals surface area contributed by atoms with Crippen molar-refractivity contribution in [3.05, 3.63) is 29.8 Å². The van der Waals surface area contributed by atoms with E-state index < -0.39 is 6.04 Å². The Bertz CT molecular complexity index is 489. The maximum Gasteiger partial charge on any atom is 0.240 e. The van der Waals surface area contributed by atoms with Gasteiger partial charge in [0.25, 0.3) is 0 Å². The summed E-state index contributed by atoms with van der Waals surface area (Å²) < 4.78 is 0. The molecule has 110 valence electrons. The number of nitrogens with two attached hydrogens (primary N) is 1. The van der Waals surface area contributed by atoms with Gasteiger partial charge in [-0.1, -0.05) is 32.9 Å². The van der Waals surface area contributed by atoms with Crippen molar-refractivity contribution < 1.29 is 9.90 Å². The number of nitrogens with zero attached hydrogens (tertiary/aromatic N) is 1. The molecule has 2 rings (SSSR count). The SMILES string of the molecule is CC(C)(C)[C@H](N)C(=O)N(Cc1cccc(O)c1)C1CC1. The molecule has 1 aromatic rings. The molecule has 0 saturated heterocycles. The summed E-state index contributed by atoms with van der Waals surface area (Å²) in [7, 11) is 0. The molecule has 4 heteroatoms. The average molecular weight is 276 g/mol. The highest BCUT2D eigenvalue weighted by molar-refractivity contribution is 5.83. The van der Waals surface area contributed by atoms with E-state index in [1.807, 2.05) is 31.7 Å². The van der Waals surface area contributed by atoms with Crippen LogP contribution in [0.5, 0.6) is 5.75 Å². The first-order valence-electron chi connectivity index (χ1n) is 7.13. The van der Waals surface area contributed by atoms with E-state index in [0.717, 1.165) is 18.4 Å². The molecule has 1 aliphatic rings. The highest BCUT2D eigenvalue weighted by Gasteiger charge is 2.38. The van der Waals surface area contributed by atoms with E-state index in [0.29, 0.717) is 12.6 Å². The van der Waals surface area contributed by atoms with Crippen molar-refractivity contribution in [2.45, 2.75) is 52.2 Å². The Labute approximate surface area is 120 Å². The third-order valence-electron chi connectivity index (χ3n) is 3.73. The van der Waals surface area contributed by atoms with Gasteiger partial charge in [0.1, 0.15) is 5.75 Å². The standard InChI is InChI=1S/C16H24N2O2/c1-16(2,3)14(17)15(20)18(12-7-8-12)10-11-5-4-6-13(19)9-11/h4-6,9,12,14,19H,7-8,10,17H2,1-3H3/t14-/m1/s1. The first-order chi connectivity index (χ1) is 9.29. The Morgan fingerprint density at radius 3 is 2.60 bits per heavy atom. The topological polar surface area (TPSA) is 66.6 Å². The van der Waals surface area contributed by atoms with Crippen LogP contribution in [-0.2, 0) is 11.3 Å². The van der Waals surface area contributed by atoms with Crippen LogP contribution in [0.4, 0.5) is 0 Å². The van der Waals surface area contributed by atoms with Crippen LogP contribution in [0.2, 0.25) is 0 Å². The number of phenolic OH excluding ortho intramolecular Hbond substituents is 1. The summed E-state index contributed by atoms with van der Waals surface area (Å²) in [6, 6.07) is 6.85. The third kappa shape index (κ3) is 3.51. The molecule has 0 heterocycles. The van der Waals surface area contributed by atoms with Gasteiger partial charge in [0, 0.05) is 12.6 Å². The fourth-order valence-electron chi connectivity index (χ4n) is 2.17. The summed E-state index contributed by atoms with van der Waals surface area (Å²) in [6.45, 7) is 6.46. The van der Waals surface area contributed by atoms with E-state index in [-0.39, 0.29) is 17.1 Å². The molecule has 3 N–H and O–H groups in total. The predicted octanol–water partition coefficient (Wildman–Crippen LogP) is 2.26. The van der Waals surface area contributed by atoms with E-state index in [9.17, 15) is 9.90 Å². The molecule has 1 aromatic carbocycles. The van der Waals surface area contributed by atoms with Gasteiger partial charge in [0.05, 0.1) is 6.04 Å². The average Bonchev–Trinajstić information content (AvgIpc) is 3.17. The quantitative estimate of drug-likeness (QED) is 0.886. The first kappa shape index (κ1) is 14.9. The summed E-state index contributed by atoms with van der Waals surface area (Å²) in [5, 5.41) is 9.53. The molecule has 0 unspecified atom stereocenters. The van der Waals surface area contributed by atoms with Gasteiger partial charge < -0.3 is 15.7 Å². The number of phenols is 1. The van der Waals surface area contributed by atoms with Crippen LogP contribution in [0.25, 0.3) is 0 Å². The Morgan fingerprint density at radius 2 is 2.10 bits per heavy atom. The molecule has 1 atom stereocenters. The van der Waals surface area contributed by atoms with Crippen molar-refractivity contribution in [2.24, 2.45) is 11.1 Å². The number of benzene rings is 1. The summed E-state index contributed by atoms with van der Waals surface area (Å²) in [5.41, 5.74) is 6.79. The minimum Gasteiger partial charge on any atom is -0.508 e. The Hall–Kier alpha value is -1.55. The van der Waals surface area contributed by atoms with Crippen LogP contribution < -0.4 is 5.73 Å². The number of rotatable bonds is 4. The number of carbonyl (C=O) groups excluding carboxylic acids is 1. The van der Waals surface area contributed by atoms with E-state index in [4.69, 9.17) is 5.73 Å². The lowest BCUT2D eigenvalue weighted by Crippen LogP contribution is -2.50. The van der Waals surface area contributed by atoms with Crippen molar-refractivity contribution in [3.63, 3.8) is 0 Å². The van der Waals surface area contributed by atoms with Gasteiger partial charge >= 0.3 is 0 Å². The summed E-state index contributed by atoms with van der Waals surface area (Å²) in [5.74, 6) is 0.231. The minimum atomic E-state index is -0.500. The highest BCUT2D eigenvalue weighted by Crippen LogP contribution is 2.31. The van der Waals surface area contributed by atoms with E-state index >= 15 is 0 Å². The smallest absolute Gasteiger partial charge is 0.240 e. The Kier molecular flexibility index (Phi) is 4.04. The molecule has 1 saturated carbocycles. The predicted molar refractivity (Wildman–Crippen MR) is 79.1 cm³/mol. The molecular formula is C16H24N2O2. The van der Waals surface area contributed by atoms with Crippen LogP contribution in [0.15, 0.2) is 24.3 Å². The third-order valence-corrected chi connectivity index (χ3v) is 3.73. The van der Waals surface area contributed by atoms with Gasteiger partial charge in [-0.05, 0) is 36.0 Å². The number of hydrogen-bond donors (Lipinski definition) is 2. The van der Waals surface area contributed by atoms with Crippen LogP contribution in [0.1, 0.15) is 39.2 Å². The number of amides is 1. The Balaban J connectivity index is 2.14. The van der Waals surface area contributed by atoms with Gasteiger partial charge in [-0.25, -0.2) is 0 Å². The van der Waals surface area contributed by atoms with Gasteiger partial charge in [-0.3, -0.25) is 4.79 Å². The van der Waals surface area contributed by atoms with Gasteiger partial charge in [0.15, 0.2) is 0 Å². The number of aromatic hydroxyl groups is 1. The second-order valence-corrected chi connectivity index (χ2v) is 6.71. The fourth-order valence-corrected chi connectivity index (χ4v) is 2.17. The first-order valence-corrected chi connectivity index (χ1v) is 7.13. The van der Waals surface area contributed by atoms with Crippen molar-refractivity contribution in [1.29, 1.82) is 0 Å². The van der Waals surface area contributed by atoms with Crippen molar-refractivity contribution in [1.82, 2.24) is 4.90 Å². The molecule has 0 aromatic heterocycles. The monoisotopic (exact) mass is 276 g/mol. The summed E-state index contributed by atoms with van der Waals surface area (Å²) in [4.78, 5) is 14.5. The number of carbonyl (C=O) groups is 1. The lowest BCUT2D eigenvalue weighted by atomic mass is 9.86. The van der Waals surface area contributed by atoms with E-state index in [1.54, 1.807) is 18.2 Å². The second kappa shape index (κ2) is 5.44. The molecule has 0 radical (unpaired) electrons. The lowest BCUT2D eigenvalue weighted by Gasteiger charge is -2.32. The molecule has 1 amide bonds. The molecular weight excluding hydrogens is 252 g/mol. The second-order valence-electron chi connectivity index (χ2n) is 6.71. The zero-order chi connectivity index (χ0) is 14.9. The molecule has 1 fully saturated rings. The zero-order valence-electron chi connectivity index (χ0n) is 12.5. The van der Waals surface area contributed by atoms with Crippen LogP contribution in [0.3, 0.4) is 0 Å². The van der Waals surface area contributed by atoms with Crippen LogP contribution >= 0.6 is 0 Å². The van der Waals surface area contributed by atoms with Gasteiger partial charge in [0.2, 0.25) is 5.91 Å². The highest BCUT2D eigenvalue weighted by atomic mass is 16.3. The zero-order valence-corrected chi connectivity index (χ0v) is 12.5. The van der Waals surface area contributed by atoms with E-state index in [2.05, 4.69) is 0 Å². The summed E-state index contributed by atoms with van der Waals surface area (Å²) in [6.07, 6.45) is 2.09. The minimum absolute atomic E-state index is 0.00310. The molecule has 1 aliphatic carbocycles. The van der Waals surface area contributed by atoms with Crippen molar-refractivity contribution in [3.8, 4) is 5.75 Å². The van der Waals surface area contributed by atoms with Crippen LogP contribution in [0, 0.1) is 5.41 Å².